The lowest BCUT2D eigenvalue weighted by atomic mass is 9.79. The molecule has 0 N–H and O–H groups in total. The van der Waals surface area contributed by atoms with Crippen LogP contribution in [0.1, 0.15) is 45.4 Å². The van der Waals surface area contributed by atoms with Gasteiger partial charge in [0.15, 0.2) is 0 Å². The van der Waals surface area contributed by atoms with Crippen molar-refractivity contribution in [2.45, 2.75) is 57.5 Å². The van der Waals surface area contributed by atoms with Crippen LogP contribution < -0.4 is 0 Å². The Morgan fingerprint density at radius 3 is 2.86 bits per heavy atom. The highest BCUT2D eigenvalue weighted by molar-refractivity contribution is 4.98. The van der Waals surface area contributed by atoms with Gasteiger partial charge in [0.05, 0.1) is 0 Å². The van der Waals surface area contributed by atoms with Gasteiger partial charge in [-0.25, -0.2) is 0 Å². The van der Waals surface area contributed by atoms with Crippen molar-refractivity contribution in [2.24, 2.45) is 5.92 Å². The molecule has 0 bridgehead atoms. The van der Waals surface area contributed by atoms with Crippen LogP contribution in [0.4, 0.5) is 0 Å². The Kier molecular flexibility index (Phi) is 3.27. The van der Waals surface area contributed by atoms with Crippen molar-refractivity contribution >= 4 is 0 Å². The average Bonchev–Trinajstić information content (AvgIpc) is 2.27. The summed E-state index contributed by atoms with van der Waals surface area (Å²) in [5, 5.41) is 0. The van der Waals surface area contributed by atoms with E-state index in [4.69, 9.17) is 0 Å². The predicted molar refractivity (Wildman–Crippen MR) is 61.3 cm³/mol. The minimum Gasteiger partial charge on any atom is -0.294 e. The Morgan fingerprint density at radius 2 is 2.14 bits per heavy atom. The van der Waals surface area contributed by atoms with Crippen LogP contribution >= 0.6 is 0 Å². The molecular weight excluding hydrogens is 170 g/mol. The van der Waals surface area contributed by atoms with E-state index in [9.17, 15) is 0 Å². The van der Waals surface area contributed by atoms with Crippen LogP contribution in [-0.4, -0.2) is 23.5 Å². The SMILES string of the molecule is C=C[C@H]1CC[C@H](CC)[C@H]2CCCCN21. The normalized spacial score (nSPS) is 39.1. The molecule has 0 aromatic heterocycles. The third-order valence-corrected chi connectivity index (χ3v) is 4.19. The summed E-state index contributed by atoms with van der Waals surface area (Å²) in [6.07, 6.45) is 10.6. The van der Waals surface area contributed by atoms with Crippen molar-refractivity contribution in [1.29, 1.82) is 0 Å². The average molecular weight is 193 g/mol. The van der Waals surface area contributed by atoms with E-state index >= 15 is 0 Å². The standard InChI is InChI=1S/C13H23N/c1-3-11-8-9-12(4-2)14-10-6-5-7-13(11)14/h4,11-13H,2-3,5-10H2,1H3/t11-,12-,13+/m0/s1. The van der Waals surface area contributed by atoms with Crippen LogP contribution in [0.3, 0.4) is 0 Å². The fraction of sp³-hybridized carbons (Fsp3) is 0.846. The molecule has 3 atom stereocenters. The zero-order valence-corrected chi connectivity index (χ0v) is 9.41. The molecule has 2 aliphatic heterocycles. The first-order valence-corrected chi connectivity index (χ1v) is 6.25. The van der Waals surface area contributed by atoms with E-state index < -0.39 is 0 Å². The number of hydrogen-bond donors (Lipinski definition) is 0. The number of hydrogen-bond acceptors (Lipinski definition) is 1. The second-order valence-electron chi connectivity index (χ2n) is 4.85. The van der Waals surface area contributed by atoms with Gasteiger partial charge in [-0.3, -0.25) is 4.90 Å². The maximum absolute atomic E-state index is 3.98. The van der Waals surface area contributed by atoms with Gasteiger partial charge < -0.3 is 0 Å². The van der Waals surface area contributed by atoms with Crippen molar-refractivity contribution in [1.82, 2.24) is 4.90 Å². The molecule has 2 heterocycles. The molecule has 0 amide bonds. The zero-order chi connectivity index (χ0) is 9.97. The van der Waals surface area contributed by atoms with E-state index in [0.717, 1.165) is 12.0 Å². The van der Waals surface area contributed by atoms with E-state index in [1.807, 2.05) is 0 Å². The molecule has 80 valence electrons. The van der Waals surface area contributed by atoms with Crippen LogP contribution in [0.5, 0.6) is 0 Å². The van der Waals surface area contributed by atoms with Gasteiger partial charge in [0, 0.05) is 12.1 Å². The van der Waals surface area contributed by atoms with Gasteiger partial charge >= 0.3 is 0 Å². The van der Waals surface area contributed by atoms with E-state index in [1.165, 1.54) is 45.1 Å². The predicted octanol–water partition coefficient (Wildman–Crippen LogP) is 3.22. The fourth-order valence-electron chi connectivity index (χ4n) is 3.37. The molecule has 0 saturated carbocycles. The first kappa shape index (κ1) is 10.2. The van der Waals surface area contributed by atoms with Crippen molar-refractivity contribution in [3.63, 3.8) is 0 Å². The van der Waals surface area contributed by atoms with Gasteiger partial charge in [0.1, 0.15) is 0 Å². The molecule has 0 aliphatic carbocycles. The molecule has 0 radical (unpaired) electrons. The maximum atomic E-state index is 3.98. The first-order valence-electron chi connectivity index (χ1n) is 6.25. The fourth-order valence-corrected chi connectivity index (χ4v) is 3.37. The monoisotopic (exact) mass is 193 g/mol. The summed E-state index contributed by atoms with van der Waals surface area (Å²) in [6.45, 7) is 7.65. The van der Waals surface area contributed by atoms with Gasteiger partial charge in [-0.15, -0.1) is 6.58 Å². The highest BCUT2D eigenvalue weighted by atomic mass is 15.2. The minimum absolute atomic E-state index is 0.683. The summed E-state index contributed by atoms with van der Waals surface area (Å²) in [5.41, 5.74) is 0. The Balaban J connectivity index is 2.08. The maximum Gasteiger partial charge on any atom is 0.0278 e. The van der Waals surface area contributed by atoms with Crippen LogP contribution in [0.25, 0.3) is 0 Å². The molecule has 14 heavy (non-hydrogen) atoms. The zero-order valence-electron chi connectivity index (χ0n) is 9.41. The van der Waals surface area contributed by atoms with Gasteiger partial charge in [0.2, 0.25) is 0 Å². The number of nitrogens with zero attached hydrogens (tertiary/aromatic N) is 1. The Bertz CT molecular complexity index is 199. The molecule has 0 unspecified atom stereocenters. The molecule has 2 saturated heterocycles. The quantitative estimate of drug-likeness (QED) is 0.609. The Labute approximate surface area is 88.2 Å². The van der Waals surface area contributed by atoms with Gasteiger partial charge in [-0.1, -0.05) is 25.8 Å². The minimum atomic E-state index is 0.683. The molecule has 0 spiro atoms. The van der Waals surface area contributed by atoms with Crippen molar-refractivity contribution in [2.75, 3.05) is 6.54 Å². The lowest BCUT2D eigenvalue weighted by Crippen LogP contribution is -2.52. The third-order valence-electron chi connectivity index (χ3n) is 4.19. The number of rotatable bonds is 2. The summed E-state index contributed by atoms with van der Waals surface area (Å²) in [6, 6.07) is 1.56. The summed E-state index contributed by atoms with van der Waals surface area (Å²) < 4.78 is 0. The van der Waals surface area contributed by atoms with Crippen molar-refractivity contribution < 1.29 is 0 Å². The summed E-state index contributed by atoms with van der Waals surface area (Å²) in [5.74, 6) is 0.964. The molecule has 1 heteroatoms. The van der Waals surface area contributed by atoms with E-state index in [-0.39, 0.29) is 0 Å². The lowest BCUT2D eigenvalue weighted by molar-refractivity contribution is 0.0291. The summed E-state index contributed by atoms with van der Waals surface area (Å²) in [7, 11) is 0. The summed E-state index contributed by atoms with van der Waals surface area (Å²) >= 11 is 0. The van der Waals surface area contributed by atoms with Gasteiger partial charge in [0.25, 0.3) is 0 Å². The van der Waals surface area contributed by atoms with Crippen LogP contribution in [0.2, 0.25) is 0 Å². The molecule has 2 fully saturated rings. The molecule has 0 aromatic carbocycles. The number of piperidine rings is 2. The van der Waals surface area contributed by atoms with E-state index in [1.54, 1.807) is 0 Å². The molecule has 2 aliphatic rings. The van der Waals surface area contributed by atoms with Crippen molar-refractivity contribution in [3.05, 3.63) is 12.7 Å². The highest BCUT2D eigenvalue weighted by Gasteiger charge is 2.36. The molecule has 2 rings (SSSR count). The molecular formula is C13H23N. The second kappa shape index (κ2) is 4.48. The molecule has 1 nitrogen and oxygen atoms in total. The third kappa shape index (κ3) is 1.75. The Hall–Kier alpha value is -0.300. The van der Waals surface area contributed by atoms with Crippen molar-refractivity contribution in [3.8, 4) is 0 Å². The second-order valence-corrected chi connectivity index (χ2v) is 4.85. The van der Waals surface area contributed by atoms with Crippen LogP contribution in [0, 0.1) is 5.92 Å². The van der Waals surface area contributed by atoms with E-state index in [2.05, 4.69) is 24.5 Å². The topological polar surface area (TPSA) is 3.24 Å². The summed E-state index contributed by atoms with van der Waals surface area (Å²) in [4.78, 5) is 2.73. The number of fused-ring (bicyclic) bond motifs is 1. The molecule has 0 aromatic rings. The Morgan fingerprint density at radius 1 is 1.29 bits per heavy atom. The lowest BCUT2D eigenvalue weighted by Gasteiger charge is -2.48. The van der Waals surface area contributed by atoms with Crippen LogP contribution in [-0.2, 0) is 0 Å². The first-order chi connectivity index (χ1) is 6.86. The van der Waals surface area contributed by atoms with Gasteiger partial charge in [-0.2, -0.15) is 0 Å². The van der Waals surface area contributed by atoms with E-state index in [0.29, 0.717) is 6.04 Å². The van der Waals surface area contributed by atoms with Gasteiger partial charge in [-0.05, 0) is 38.1 Å². The smallest absolute Gasteiger partial charge is 0.0278 e. The van der Waals surface area contributed by atoms with Crippen LogP contribution in [0.15, 0.2) is 12.7 Å². The largest absolute Gasteiger partial charge is 0.294 e. The highest BCUT2D eigenvalue weighted by Crippen LogP contribution is 2.35.